The Morgan fingerprint density at radius 3 is 1.39 bits per heavy atom. The van der Waals surface area contributed by atoms with E-state index in [0.29, 0.717) is 16.1 Å². The molecule has 18 heavy (non-hydrogen) atoms. The average Bonchev–Trinajstić information content (AvgIpc) is 2.28. The molecule has 0 bridgehead atoms. The topological polar surface area (TPSA) is 0 Å². The Morgan fingerprint density at radius 2 is 1.11 bits per heavy atom. The largest absolute Gasteiger partial charge is 0.176 e. The van der Waals surface area contributed by atoms with Crippen LogP contribution in [0.15, 0.2) is 0 Å². The monoisotopic (exact) mass is 270 g/mol. The lowest BCUT2D eigenvalue weighted by molar-refractivity contribution is 0.0530. The molecule has 0 heterocycles. The van der Waals surface area contributed by atoms with Gasteiger partial charge in [-0.2, -0.15) is 12.6 Å². The molecule has 1 heteroatoms. The van der Waals surface area contributed by atoms with Gasteiger partial charge < -0.3 is 0 Å². The SMILES string of the molecule is CC(C)C(C)(C)C1CCC(C(C)(C)C(C)S)CC1. The van der Waals surface area contributed by atoms with Crippen molar-refractivity contribution in [1.29, 1.82) is 0 Å². The van der Waals surface area contributed by atoms with Gasteiger partial charge in [-0.05, 0) is 54.3 Å². The maximum Gasteiger partial charge on any atom is 0.00423 e. The van der Waals surface area contributed by atoms with Crippen molar-refractivity contribution in [2.45, 2.75) is 79.4 Å². The molecule has 0 aromatic carbocycles. The van der Waals surface area contributed by atoms with E-state index < -0.39 is 0 Å². The zero-order valence-electron chi connectivity index (χ0n) is 13.6. The molecule has 0 radical (unpaired) electrons. The molecule has 0 aromatic rings. The lowest BCUT2D eigenvalue weighted by atomic mass is 9.60. The fourth-order valence-corrected chi connectivity index (χ4v) is 3.60. The molecule has 108 valence electrons. The Morgan fingerprint density at radius 1 is 0.778 bits per heavy atom. The van der Waals surface area contributed by atoms with Gasteiger partial charge in [-0.15, -0.1) is 0 Å². The highest BCUT2D eigenvalue weighted by Crippen LogP contribution is 2.49. The Labute approximate surface area is 121 Å². The predicted molar refractivity (Wildman–Crippen MR) is 86.3 cm³/mol. The van der Waals surface area contributed by atoms with E-state index in [2.05, 4.69) is 48.5 Å². The van der Waals surface area contributed by atoms with Crippen molar-refractivity contribution >= 4 is 12.6 Å². The predicted octanol–water partition coefficient (Wildman–Crippen LogP) is 5.82. The minimum absolute atomic E-state index is 0.385. The van der Waals surface area contributed by atoms with E-state index in [1.54, 1.807) is 0 Å². The highest BCUT2D eigenvalue weighted by molar-refractivity contribution is 7.81. The molecule has 1 saturated carbocycles. The van der Waals surface area contributed by atoms with E-state index in [-0.39, 0.29) is 0 Å². The smallest absolute Gasteiger partial charge is 0.00423 e. The van der Waals surface area contributed by atoms with Gasteiger partial charge in [0.25, 0.3) is 0 Å². The summed E-state index contributed by atoms with van der Waals surface area (Å²) in [6, 6.07) is 0. The first-order chi connectivity index (χ1) is 8.10. The van der Waals surface area contributed by atoms with E-state index in [9.17, 15) is 0 Å². The van der Waals surface area contributed by atoms with Gasteiger partial charge in [0, 0.05) is 5.25 Å². The van der Waals surface area contributed by atoms with Gasteiger partial charge in [0.2, 0.25) is 0 Å². The Bertz CT molecular complexity index is 227. The summed E-state index contributed by atoms with van der Waals surface area (Å²) in [5, 5.41) is 0.497. The molecule has 0 amide bonds. The van der Waals surface area contributed by atoms with Crippen LogP contribution in [0.4, 0.5) is 0 Å². The lowest BCUT2D eigenvalue weighted by Gasteiger charge is -2.46. The lowest BCUT2D eigenvalue weighted by Crippen LogP contribution is -2.38. The van der Waals surface area contributed by atoms with Crippen LogP contribution < -0.4 is 0 Å². The summed E-state index contributed by atoms with van der Waals surface area (Å²) in [7, 11) is 0. The fourth-order valence-electron chi connectivity index (χ4n) is 3.39. The Kier molecular flexibility index (Phi) is 5.26. The summed E-state index contributed by atoms with van der Waals surface area (Å²) in [6.07, 6.45) is 5.64. The van der Waals surface area contributed by atoms with Crippen LogP contribution in [0.2, 0.25) is 0 Å². The third-order valence-corrected chi connectivity index (χ3v) is 7.06. The quantitative estimate of drug-likeness (QED) is 0.611. The zero-order chi connectivity index (χ0) is 14.1. The van der Waals surface area contributed by atoms with Gasteiger partial charge >= 0.3 is 0 Å². The molecule has 1 rings (SSSR count). The standard InChI is InChI=1S/C17H34S/c1-12(2)16(4,5)14-8-10-15(11-9-14)17(6,7)13(3)18/h12-15,18H,8-11H2,1-7H3. The summed E-state index contributed by atoms with van der Waals surface area (Å²) in [6.45, 7) is 16.8. The Balaban J connectivity index is 2.62. The van der Waals surface area contributed by atoms with E-state index in [4.69, 9.17) is 12.6 Å². The highest BCUT2D eigenvalue weighted by atomic mass is 32.1. The fraction of sp³-hybridized carbons (Fsp3) is 1.00. The van der Waals surface area contributed by atoms with E-state index in [1.807, 2.05) is 0 Å². The van der Waals surface area contributed by atoms with Gasteiger partial charge in [0.15, 0.2) is 0 Å². The van der Waals surface area contributed by atoms with E-state index in [0.717, 1.165) is 17.8 Å². The molecule has 1 aliphatic rings. The molecule has 0 saturated heterocycles. The van der Waals surface area contributed by atoms with Crippen molar-refractivity contribution in [3.05, 3.63) is 0 Å². The molecule has 1 aliphatic carbocycles. The number of thiol groups is 1. The van der Waals surface area contributed by atoms with Crippen molar-refractivity contribution in [3.8, 4) is 0 Å². The molecule has 0 N–H and O–H groups in total. The third-order valence-electron chi connectivity index (χ3n) is 6.40. The Hall–Kier alpha value is 0.350. The number of hydrogen-bond donors (Lipinski definition) is 1. The van der Waals surface area contributed by atoms with Crippen molar-refractivity contribution < 1.29 is 0 Å². The van der Waals surface area contributed by atoms with Crippen molar-refractivity contribution in [2.24, 2.45) is 28.6 Å². The van der Waals surface area contributed by atoms with Crippen LogP contribution in [-0.4, -0.2) is 5.25 Å². The summed E-state index contributed by atoms with van der Waals surface area (Å²) in [4.78, 5) is 0. The second-order valence-corrected chi connectivity index (χ2v) is 8.80. The normalized spacial score (nSPS) is 28.5. The van der Waals surface area contributed by atoms with Crippen LogP contribution in [0.25, 0.3) is 0 Å². The number of rotatable bonds is 4. The molecule has 1 fully saturated rings. The van der Waals surface area contributed by atoms with E-state index in [1.165, 1.54) is 25.7 Å². The summed E-state index contributed by atoms with van der Waals surface area (Å²) < 4.78 is 0. The van der Waals surface area contributed by atoms with Gasteiger partial charge in [0.05, 0.1) is 0 Å². The van der Waals surface area contributed by atoms with Gasteiger partial charge in [-0.1, -0.05) is 48.5 Å². The second-order valence-electron chi connectivity index (χ2n) is 8.02. The van der Waals surface area contributed by atoms with Crippen LogP contribution >= 0.6 is 12.6 Å². The van der Waals surface area contributed by atoms with Crippen LogP contribution in [0.5, 0.6) is 0 Å². The zero-order valence-corrected chi connectivity index (χ0v) is 14.5. The third kappa shape index (κ3) is 3.26. The second kappa shape index (κ2) is 5.77. The molecular weight excluding hydrogens is 236 g/mol. The van der Waals surface area contributed by atoms with Crippen molar-refractivity contribution in [1.82, 2.24) is 0 Å². The van der Waals surface area contributed by atoms with Crippen LogP contribution in [0, 0.1) is 28.6 Å². The summed E-state index contributed by atoms with van der Waals surface area (Å²) >= 11 is 4.70. The van der Waals surface area contributed by atoms with Gasteiger partial charge in [-0.25, -0.2) is 0 Å². The first-order valence-electron chi connectivity index (χ1n) is 7.78. The minimum atomic E-state index is 0.385. The van der Waals surface area contributed by atoms with E-state index >= 15 is 0 Å². The first-order valence-corrected chi connectivity index (χ1v) is 8.29. The highest BCUT2D eigenvalue weighted by Gasteiger charge is 2.40. The van der Waals surface area contributed by atoms with Gasteiger partial charge in [-0.3, -0.25) is 0 Å². The molecule has 0 aromatic heterocycles. The molecule has 1 atom stereocenters. The molecule has 0 nitrogen and oxygen atoms in total. The van der Waals surface area contributed by atoms with Crippen molar-refractivity contribution in [3.63, 3.8) is 0 Å². The number of hydrogen-bond acceptors (Lipinski definition) is 1. The maximum atomic E-state index is 4.70. The average molecular weight is 271 g/mol. The summed E-state index contributed by atoms with van der Waals surface area (Å²) in [5.74, 6) is 2.57. The molecule has 0 aliphatic heterocycles. The molecular formula is C17H34S. The first kappa shape index (κ1) is 16.4. The molecule has 0 spiro atoms. The minimum Gasteiger partial charge on any atom is -0.176 e. The summed E-state index contributed by atoms with van der Waals surface area (Å²) in [5.41, 5.74) is 0.887. The van der Waals surface area contributed by atoms with Crippen LogP contribution in [0.1, 0.15) is 74.1 Å². The molecule has 1 unspecified atom stereocenters. The van der Waals surface area contributed by atoms with Crippen LogP contribution in [0.3, 0.4) is 0 Å². The van der Waals surface area contributed by atoms with Gasteiger partial charge in [0.1, 0.15) is 0 Å². The van der Waals surface area contributed by atoms with Crippen LogP contribution in [-0.2, 0) is 0 Å². The maximum absolute atomic E-state index is 4.70. The van der Waals surface area contributed by atoms with Crippen molar-refractivity contribution in [2.75, 3.05) is 0 Å².